The molecule has 0 unspecified atom stereocenters. The van der Waals surface area contributed by atoms with Gasteiger partial charge in [-0.15, -0.1) is 0 Å². The highest BCUT2D eigenvalue weighted by Crippen LogP contribution is 2.43. The van der Waals surface area contributed by atoms with Crippen molar-refractivity contribution in [1.29, 1.82) is 0 Å². The monoisotopic (exact) mass is 459 g/mol. The van der Waals surface area contributed by atoms with Gasteiger partial charge >= 0.3 is 0 Å². The van der Waals surface area contributed by atoms with Crippen LogP contribution in [-0.4, -0.2) is 42.6 Å². The Morgan fingerprint density at radius 3 is 2.59 bits per heavy atom. The number of aromatic nitrogens is 1. The SMILES string of the molecule is Cc1c(F)cc2c(=O)c(C(=O)NCCCCN(C)C)cn3c2c1Oc1cc2ccccc2cc1-3. The number of carbonyl (C=O) groups is 1. The summed E-state index contributed by atoms with van der Waals surface area (Å²) in [5, 5.41) is 4.94. The van der Waals surface area contributed by atoms with Gasteiger partial charge in [-0.2, -0.15) is 0 Å². The molecule has 174 valence electrons. The Hall–Kier alpha value is -3.71. The lowest BCUT2D eigenvalue weighted by Crippen LogP contribution is -2.31. The molecule has 2 heterocycles. The van der Waals surface area contributed by atoms with Crippen LogP contribution in [0.15, 0.2) is 53.5 Å². The molecule has 6 nitrogen and oxygen atoms in total. The molecule has 1 aliphatic heterocycles. The first kappa shape index (κ1) is 22.1. The van der Waals surface area contributed by atoms with Crippen LogP contribution in [0.5, 0.6) is 11.5 Å². The summed E-state index contributed by atoms with van der Waals surface area (Å²) in [6.07, 6.45) is 3.28. The van der Waals surface area contributed by atoms with Crippen LogP contribution in [0.3, 0.4) is 0 Å². The van der Waals surface area contributed by atoms with E-state index in [0.29, 0.717) is 34.8 Å². The van der Waals surface area contributed by atoms with Crippen LogP contribution >= 0.6 is 0 Å². The van der Waals surface area contributed by atoms with E-state index >= 15 is 0 Å². The van der Waals surface area contributed by atoms with Gasteiger partial charge in [0.05, 0.1) is 11.1 Å². The lowest BCUT2D eigenvalue weighted by atomic mass is 10.0. The van der Waals surface area contributed by atoms with Gasteiger partial charge in [-0.1, -0.05) is 24.3 Å². The second-order valence-electron chi connectivity index (χ2n) is 8.99. The molecule has 0 fully saturated rings. The summed E-state index contributed by atoms with van der Waals surface area (Å²) in [4.78, 5) is 28.4. The highest BCUT2D eigenvalue weighted by atomic mass is 19.1. The first-order valence-electron chi connectivity index (χ1n) is 11.4. The Morgan fingerprint density at radius 2 is 1.85 bits per heavy atom. The molecule has 0 saturated carbocycles. The van der Waals surface area contributed by atoms with Gasteiger partial charge in [0.15, 0.2) is 11.5 Å². The molecule has 0 atom stereocenters. The number of halogens is 1. The Balaban J connectivity index is 1.64. The maximum atomic E-state index is 14.8. The predicted octanol–water partition coefficient (Wildman–Crippen LogP) is 4.77. The van der Waals surface area contributed by atoms with Crippen molar-refractivity contribution in [3.05, 3.63) is 75.8 Å². The number of carbonyl (C=O) groups excluding carboxylic acids is 1. The number of amides is 1. The standard InChI is InChI=1S/C27H26FN3O3/c1-16-21(28)14-19-24-26(16)34-23-13-18-9-5-4-8-17(18)12-22(23)31(24)15-20(25(19)32)27(33)29-10-6-7-11-30(2)3/h4-5,8-9,12-15H,6-7,10-11H2,1-3H3,(H,29,33). The zero-order chi connectivity index (χ0) is 24.0. The van der Waals surface area contributed by atoms with E-state index in [1.165, 1.54) is 6.07 Å². The molecule has 4 aromatic rings. The van der Waals surface area contributed by atoms with E-state index in [9.17, 15) is 14.0 Å². The first-order valence-corrected chi connectivity index (χ1v) is 11.4. The molecule has 1 amide bonds. The molecular formula is C27H26FN3O3. The van der Waals surface area contributed by atoms with Gasteiger partial charge in [0.25, 0.3) is 5.91 Å². The van der Waals surface area contributed by atoms with Crippen molar-refractivity contribution in [3.8, 4) is 17.2 Å². The zero-order valence-electron chi connectivity index (χ0n) is 19.4. The fraction of sp³-hybridized carbons (Fsp3) is 0.259. The molecule has 34 heavy (non-hydrogen) atoms. The van der Waals surface area contributed by atoms with E-state index in [-0.39, 0.29) is 10.9 Å². The summed E-state index contributed by atoms with van der Waals surface area (Å²) < 4.78 is 22.7. The summed E-state index contributed by atoms with van der Waals surface area (Å²) >= 11 is 0. The second-order valence-corrected chi connectivity index (χ2v) is 8.99. The Kier molecular flexibility index (Phi) is 5.57. The second kappa shape index (κ2) is 8.57. The number of hydrogen-bond donors (Lipinski definition) is 1. The van der Waals surface area contributed by atoms with Gasteiger partial charge < -0.3 is 19.5 Å². The van der Waals surface area contributed by atoms with Crippen molar-refractivity contribution in [1.82, 2.24) is 14.8 Å². The van der Waals surface area contributed by atoms with Gasteiger partial charge in [-0.25, -0.2) is 4.39 Å². The van der Waals surface area contributed by atoms with Crippen molar-refractivity contribution >= 4 is 27.6 Å². The summed E-state index contributed by atoms with van der Waals surface area (Å²) in [5.41, 5.74) is 0.953. The lowest BCUT2D eigenvalue weighted by Gasteiger charge is -2.25. The summed E-state index contributed by atoms with van der Waals surface area (Å²) in [5.74, 6) is -0.168. The molecular weight excluding hydrogens is 433 g/mol. The van der Waals surface area contributed by atoms with Crippen molar-refractivity contribution in [2.24, 2.45) is 0 Å². The van der Waals surface area contributed by atoms with Crippen molar-refractivity contribution in [3.63, 3.8) is 0 Å². The van der Waals surface area contributed by atoms with Crippen LogP contribution in [0, 0.1) is 12.7 Å². The molecule has 5 rings (SSSR count). The first-order chi connectivity index (χ1) is 16.3. The maximum absolute atomic E-state index is 14.8. The number of pyridine rings is 1. The van der Waals surface area contributed by atoms with Crippen molar-refractivity contribution in [2.75, 3.05) is 27.2 Å². The van der Waals surface area contributed by atoms with Gasteiger partial charge in [-0.3, -0.25) is 9.59 Å². The Labute approximate surface area is 196 Å². The number of nitrogens with one attached hydrogen (secondary N) is 1. The fourth-order valence-electron chi connectivity index (χ4n) is 4.44. The molecule has 0 aliphatic carbocycles. The largest absolute Gasteiger partial charge is 0.453 e. The van der Waals surface area contributed by atoms with E-state index in [0.717, 1.165) is 30.2 Å². The topological polar surface area (TPSA) is 63.6 Å². The van der Waals surface area contributed by atoms with Crippen LogP contribution in [0.25, 0.3) is 27.4 Å². The van der Waals surface area contributed by atoms with Crippen LogP contribution in [0.4, 0.5) is 4.39 Å². The van der Waals surface area contributed by atoms with Gasteiger partial charge in [0, 0.05) is 18.3 Å². The number of benzene rings is 3. The number of nitrogens with zero attached hydrogens (tertiary/aromatic N) is 2. The van der Waals surface area contributed by atoms with Gasteiger partial charge in [-0.05, 0) is 69.4 Å². The average Bonchev–Trinajstić information content (AvgIpc) is 2.81. The molecule has 1 aliphatic rings. The summed E-state index contributed by atoms with van der Waals surface area (Å²) in [6.45, 7) is 3.01. The minimum absolute atomic E-state index is 0.0182. The predicted molar refractivity (Wildman–Crippen MR) is 132 cm³/mol. The Bertz CT molecular complexity index is 1510. The number of hydrogen-bond acceptors (Lipinski definition) is 4. The van der Waals surface area contributed by atoms with Crippen molar-refractivity contribution in [2.45, 2.75) is 19.8 Å². The number of ether oxygens (including phenoxy) is 1. The minimum atomic E-state index is -0.545. The fourth-order valence-corrected chi connectivity index (χ4v) is 4.44. The average molecular weight is 460 g/mol. The molecule has 1 aromatic heterocycles. The molecule has 0 spiro atoms. The lowest BCUT2D eigenvalue weighted by molar-refractivity contribution is 0.0951. The van der Waals surface area contributed by atoms with E-state index in [1.807, 2.05) is 50.5 Å². The number of fused-ring (bicyclic) bond motifs is 3. The third kappa shape index (κ3) is 3.72. The summed E-state index contributed by atoms with van der Waals surface area (Å²) in [7, 11) is 4.00. The number of unbranched alkanes of at least 4 members (excludes halogenated alkanes) is 1. The molecule has 7 heteroatoms. The molecule has 0 bridgehead atoms. The third-order valence-electron chi connectivity index (χ3n) is 6.29. The van der Waals surface area contributed by atoms with Crippen LogP contribution in [0.2, 0.25) is 0 Å². The van der Waals surface area contributed by atoms with E-state index in [2.05, 4.69) is 10.2 Å². The highest BCUT2D eigenvalue weighted by molar-refractivity contribution is 6.00. The van der Waals surface area contributed by atoms with Gasteiger partial charge in [0.1, 0.15) is 16.9 Å². The quantitative estimate of drug-likeness (QED) is 0.372. The molecule has 0 radical (unpaired) electrons. The maximum Gasteiger partial charge on any atom is 0.256 e. The van der Waals surface area contributed by atoms with Crippen LogP contribution in [0.1, 0.15) is 28.8 Å². The minimum Gasteiger partial charge on any atom is -0.453 e. The van der Waals surface area contributed by atoms with Gasteiger partial charge in [0.2, 0.25) is 5.43 Å². The van der Waals surface area contributed by atoms with E-state index in [1.54, 1.807) is 17.7 Å². The summed E-state index contributed by atoms with van der Waals surface area (Å²) in [6, 6.07) is 12.9. The molecule has 3 aromatic carbocycles. The smallest absolute Gasteiger partial charge is 0.256 e. The van der Waals surface area contributed by atoms with Crippen LogP contribution in [-0.2, 0) is 0 Å². The van der Waals surface area contributed by atoms with Crippen LogP contribution < -0.4 is 15.5 Å². The van der Waals surface area contributed by atoms with E-state index < -0.39 is 17.2 Å². The van der Waals surface area contributed by atoms with Crippen molar-refractivity contribution < 1.29 is 13.9 Å². The molecule has 1 N–H and O–H groups in total. The number of rotatable bonds is 6. The Morgan fingerprint density at radius 1 is 1.12 bits per heavy atom. The highest BCUT2D eigenvalue weighted by Gasteiger charge is 2.27. The molecule has 0 saturated heterocycles. The third-order valence-corrected chi connectivity index (χ3v) is 6.29. The zero-order valence-corrected chi connectivity index (χ0v) is 19.4. The normalized spacial score (nSPS) is 12.1. The van der Waals surface area contributed by atoms with E-state index in [4.69, 9.17) is 4.74 Å².